The van der Waals surface area contributed by atoms with Crippen LogP contribution in [0.5, 0.6) is 0 Å². The van der Waals surface area contributed by atoms with Crippen molar-refractivity contribution < 1.29 is 9.90 Å². The second-order valence-corrected chi connectivity index (χ2v) is 4.21. The van der Waals surface area contributed by atoms with Crippen LogP contribution in [-0.2, 0) is 11.2 Å². The van der Waals surface area contributed by atoms with E-state index in [1.54, 1.807) is 0 Å². The minimum absolute atomic E-state index is 0.683. The van der Waals surface area contributed by atoms with Gasteiger partial charge in [-0.05, 0) is 31.0 Å². The summed E-state index contributed by atoms with van der Waals surface area (Å²) in [6.07, 6.45) is 0.919. The number of aromatic amines is 1. The van der Waals surface area contributed by atoms with Crippen molar-refractivity contribution in [3.05, 3.63) is 35.0 Å². The Morgan fingerprint density at radius 1 is 1.53 bits per heavy atom. The third kappa shape index (κ3) is 1.91. The molecule has 0 spiro atoms. The first-order valence-corrected chi connectivity index (χ1v) is 5.64. The fraction of sp³-hybridized carbons (Fsp3) is 0.308. The fourth-order valence-electron chi connectivity index (χ4n) is 2.14. The average molecular weight is 232 g/mol. The standard InChI is InChI=1S/C13H16N2O2/c1-3-8-4-5-10-9(6-8)11(7(2)15-10)12(14)13(16)17/h4-6,12,15H,3,14H2,1-2H3,(H,16,17). The number of nitrogens with two attached hydrogens (primary N) is 1. The van der Waals surface area contributed by atoms with Crippen molar-refractivity contribution in [3.63, 3.8) is 0 Å². The van der Waals surface area contributed by atoms with Gasteiger partial charge in [0, 0.05) is 22.2 Å². The van der Waals surface area contributed by atoms with Gasteiger partial charge in [0.05, 0.1) is 0 Å². The largest absolute Gasteiger partial charge is 0.480 e. The smallest absolute Gasteiger partial charge is 0.325 e. The number of carboxylic acid groups (broad SMARTS) is 1. The van der Waals surface area contributed by atoms with Gasteiger partial charge in [-0.25, -0.2) is 0 Å². The average Bonchev–Trinajstić information content (AvgIpc) is 2.62. The molecule has 0 aliphatic rings. The second-order valence-electron chi connectivity index (χ2n) is 4.21. The summed E-state index contributed by atoms with van der Waals surface area (Å²) >= 11 is 0. The first-order chi connectivity index (χ1) is 8.04. The molecule has 1 heterocycles. The Bertz CT molecular complexity index is 572. The van der Waals surface area contributed by atoms with Crippen molar-refractivity contribution in [2.75, 3.05) is 0 Å². The zero-order valence-electron chi connectivity index (χ0n) is 9.95. The maximum Gasteiger partial charge on any atom is 0.325 e. The first kappa shape index (κ1) is 11.7. The minimum atomic E-state index is -1.00. The number of aliphatic carboxylic acids is 1. The number of hydrogen-bond acceptors (Lipinski definition) is 2. The van der Waals surface area contributed by atoms with E-state index in [0.29, 0.717) is 5.56 Å². The number of H-pyrrole nitrogens is 1. The van der Waals surface area contributed by atoms with E-state index in [-0.39, 0.29) is 0 Å². The molecule has 0 amide bonds. The summed E-state index contributed by atoms with van der Waals surface area (Å²) in [5.74, 6) is -1.00. The van der Waals surface area contributed by atoms with Crippen LogP contribution >= 0.6 is 0 Å². The highest BCUT2D eigenvalue weighted by Crippen LogP contribution is 2.27. The van der Waals surface area contributed by atoms with Crippen LogP contribution in [0, 0.1) is 6.92 Å². The van der Waals surface area contributed by atoms with Gasteiger partial charge in [-0.15, -0.1) is 0 Å². The molecule has 0 radical (unpaired) electrons. The molecule has 0 saturated carbocycles. The molecule has 0 bridgehead atoms. The number of carbonyl (C=O) groups is 1. The topological polar surface area (TPSA) is 79.1 Å². The SMILES string of the molecule is CCc1ccc2[nH]c(C)c(C(N)C(=O)O)c2c1. The Kier molecular flexibility index (Phi) is 2.90. The Hall–Kier alpha value is -1.81. The maximum atomic E-state index is 11.0. The highest BCUT2D eigenvalue weighted by Gasteiger charge is 2.21. The highest BCUT2D eigenvalue weighted by molar-refractivity contribution is 5.90. The number of aromatic nitrogens is 1. The number of fused-ring (bicyclic) bond motifs is 1. The third-order valence-corrected chi connectivity index (χ3v) is 3.09. The van der Waals surface area contributed by atoms with Crippen LogP contribution in [0.15, 0.2) is 18.2 Å². The number of aryl methyl sites for hydroxylation is 2. The monoisotopic (exact) mass is 232 g/mol. The van der Waals surface area contributed by atoms with Gasteiger partial charge >= 0.3 is 5.97 Å². The van der Waals surface area contributed by atoms with E-state index in [9.17, 15) is 4.79 Å². The van der Waals surface area contributed by atoms with E-state index >= 15 is 0 Å². The summed E-state index contributed by atoms with van der Waals surface area (Å²) in [4.78, 5) is 14.2. The summed E-state index contributed by atoms with van der Waals surface area (Å²) < 4.78 is 0. The van der Waals surface area contributed by atoms with E-state index < -0.39 is 12.0 Å². The summed E-state index contributed by atoms with van der Waals surface area (Å²) in [5.41, 5.74) is 9.34. The second kappa shape index (κ2) is 4.22. The maximum absolute atomic E-state index is 11.0. The lowest BCUT2D eigenvalue weighted by Gasteiger charge is -2.07. The molecule has 1 aromatic heterocycles. The molecule has 4 heteroatoms. The molecule has 4 N–H and O–H groups in total. The molecule has 0 aliphatic carbocycles. The molecular weight excluding hydrogens is 216 g/mol. The number of hydrogen-bond donors (Lipinski definition) is 3. The summed E-state index contributed by atoms with van der Waals surface area (Å²) in [5, 5.41) is 9.94. The van der Waals surface area contributed by atoms with E-state index in [1.165, 1.54) is 5.56 Å². The molecule has 2 rings (SSSR count). The Morgan fingerprint density at radius 2 is 2.24 bits per heavy atom. The van der Waals surface area contributed by atoms with Crippen molar-refractivity contribution in [2.24, 2.45) is 5.73 Å². The van der Waals surface area contributed by atoms with Gasteiger partial charge in [0.25, 0.3) is 0 Å². The van der Waals surface area contributed by atoms with Crippen molar-refractivity contribution in [2.45, 2.75) is 26.3 Å². The van der Waals surface area contributed by atoms with E-state index in [0.717, 1.165) is 23.0 Å². The predicted octanol–water partition coefficient (Wildman–Crippen LogP) is 2.12. The molecule has 90 valence electrons. The normalized spacial score (nSPS) is 12.9. The van der Waals surface area contributed by atoms with Gasteiger partial charge in [0.1, 0.15) is 6.04 Å². The molecule has 1 unspecified atom stereocenters. The number of rotatable bonds is 3. The van der Waals surface area contributed by atoms with Crippen LogP contribution in [0.3, 0.4) is 0 Å². The lowest BCUT2D eigenvalue weighted by molar-refractivity contribution is -0.138. The minimum Gasteiger partial charge on any atom is -0.480 e. The lowest BCUT2D eigenvalue weighted by atomic mass is 10.0. The number of carboxylic acids is 1. The Morgan fingerprint density at radius 3 is 2.82 bits per heavy atom. The van der Waals surface area contributed by atoms with Crippen LogP contribution in [0.25, 0.3) is 10.9 Å². The fourth-order valence-corrected chi connectivity index (χ4v) is 2.14. The quantitative estimate of drug-likeness (QED) is 0.758. The molecule has 4 nitrogen and oxygen atoms in total. The highest BCUT2D eigenvalue weighted by atomic mass is 16.4. The molecule has 0 aliphatic heterocycles. The molecule has 1 aromatic carbocycles. The van der Waals surface area contributed by atoms with Crippen molar-refractivity contribution in [3.8, 4) is 0 Å². The summed E-state index contributed by atoms with van der Waals surface area (Å²) in [7, 11) is 0. The Balaban J connectivity index is 2.68. The van der Waals surface area contributed by atoms with E-state index in [4.69, 9.17) is 10.8 Å². The van der Waals surface area contributed by atoms with Gasteiger partial charge in [-0.3, -0.25) is 4.79 Å². The Labute approximate surface area is 99.4 Å². The number of benzene rings is 1. The number of nitrogens with one attached hydrogen (secondary N) is 1. The molecule has 0 fully saturated rings. The van der Waals surface area contributed by atoms with Crippen LogP contribution < -0.4 is 5.73 Å². The van der Waals surface area contributed by atoms with E-state index in [2.05, 4.69) is 11.9 Å². The van der Waals surface area contributed by atoms with Crippen LogP contribution in [-0.4, -0.2) is 16.1 Å². The van der Waals surface area contributed by atoms with Crippen LogP contribution in [0.4, 0.5) is 0 Å². The molecule has 2 aromatic rings. The molecule has 0 saturated heterocycles. The molecule has 1 atom stereocenters. The zero-order valence-corrected chi connectivity index (χ0v) is 9.95. The summed E-state index contributed by atoms with van der Waals surface area (Å²) in [6, 6.07) is 5.04. The van der Waals surface area contributed by atoms with Crippen molar-refractivity contribution >= 4 is 16.9 Å². The van der Waals surface area contributed by atoms with Gasteiger partial charge in [0.15, 0.2) is 0 Å². The third-order valence-electron chi connectivity index (χ3n) is 3.09. The van der Waals surface area contributed by atoms with Gasteiger partial charge in [0.2, 0.25) is 0 Å². The zero-order chi connectivity index (χ0) is 12.6. The van der Waals surface area contributed by atoms with E-state index in [1.807, 2.05) is 25.1 Å². The van der Waals surface area contributed by atoms with Crippen LogP contribution in [0.1, 0.15) is 29.8 Å². The summed E-state index contributed by atoms with van der Waals surface area (Å²) in [6.45, 7) is 3.92. The lowest BCUT2D eigenvalue weighted by Crippen LogP contribution is -2.21. The van der Waals surface area contributed by atoms with Gasteiger partial charge < -0.3 is 15.8 Å². The predicted molar refractivity (Wildman–Crippen MR) is 67.0 cm³/mol. The van der Waals surface area contributed by atoms with Gasteiger partial charge in [-0.2, -0.15) is 0 Å². The van der Waals surface area contributed by atoms with Crippen molar-refractivity contribution in [1.29, 1.82) is 0 Å². The van der Waals surface area contributed by atoms with Crippen LogP contribution in [0.2, 0.25) is 0 Å². The first-order valence-electron chi connectivity index (χ1n) is 5.64. The molecular formula is C13H16N2O2. The molecule has 17 heavy (non-hydrogen) atoms. The van der Waals surface area contributed by atoms with Gasteiger partial charge in [-0.1, -0.05) is 13.0 Å². The van der Waals surface area contributed by atoms with Crippen molar-refractivity contribution in [1.82, 2.24) is 4.98 Å².